The fourth-order valence-corrected chi connectivity index (χ4v) is 3.32. The van der Waals surface area contributed by atoms with E-state index in [4.69, 9.17) is 17.3 Å². The molecule has 8 heteroatoms. The van der Waals surface area contributed by atoms with E-state index in [1.165, 1.54) is 17.4 Å². The standard InChI is InChI=1S/C16H13ClFN5S/c17-10-7-8(1-4-11(10)18)13-14(24-15(19)23-13)12-5-6-20-16(22-12)21-9-2-3-9/h1,4-7,9H,2-3H2,(H2,19,23)(H,20,21,22). The molecule has 0 saturated heterocycles. The number of benzene rings is 1. The number of nitrogen functional groups attached to an aromatic ring is 1. The van der Waals surface area contributed by atoms with E-state index in [1.54, 1.807) is 24.4 Å². The van der Waals surface area contributed by atoms with E-state index in [2.05, 4.69) is 20.3 Å². The Labute approximate surface area is 146 Å². The minimum Gasteiger partial charge on any atom is -0.375 e. The number of aromatic nitrogens is 3. The van der Waals surface area contributed by atoms with Crippen molar-refractivity contribution in [3.05, 3.63) is 41.3 Å². The number of nitrogens with zero attached hydrogens (tertiary/aromatic N) is 3. The molecule has 3 aromatic rings. The Hall–Kier alpha value is -2.25. The summed E-state index contributed by atoms with van der Waals surface area (Å²) in [6.07, 6.45) is 3.98. The van der Waals surface area contributed by atoms with E-state index in [0.29, 0.717) is 28.4 Å². The molecule has 5 nitrogen and oxygen atoms in total. The molecule has 4 rings (SSSR count). The lowest BCUT2D eigenvalue weighted by Crippen LogP contribution is -2.05. The Morgan fingerprint density at radius 2 is 2.08 bits per heavy atom. The summed E-state index contributed by atoms with van der Waals surface area (Å²) in [5.41, 5.74) is 7.94. The molecule has 24 heavy (non-hydrogen) atoms. The summed E-state index contributed by atoms with van der Waals surface area (Å²) in [7, 11) is 0. The first-order chi connectivity index (χ1) is 11.6. The average molecular weight is 362 g/mol. The second-order valence-electron chi connectivity index (χ2n) is 5.54. The third kappa shape index (κ3) is 3.05. The van der Waals surface area contributed by atoms with Crippen LogP contribution in [0.1, 0.15) is 12.8 Å². The van der Waals surface area contributed by atoms with Crippen molar-refractivity contribution in [2.24, 2.45) is 0 Å². The molecule has 2 aromatic heterocycles. The topological polar surface area (TPSA) is 76.7 Å². The van der Waals surface area contributed by atoms with Crippen molar-refractivity contribution in [2.45, 2.75) is 18.9 Å². The van der Waals surface area contributed by atoms with Gasteiger partial charge in [0.15, 0.2) is 5.13 Å². The zero-order chi connectivity index (χ0) is 16.7. The van der Waals surface area contributed by atoms with Gasteiger partial charge in [-0.05, 0) is 37.1 Å². The number of halogens is 2. The van der Waals surface area contributed by atoms with E-state index in [1.807, 2.05) is 0 Å². The van der Waals surface area contributed by atoms with Crippen LogP contribution in [0.5, 0.6) is 0 Å². The molecule has 1 saturated carbocycles. The fraction of sp³-hybridized carbons (Fsp3) is 0.188. The normalized spacial score (nSPS) is 13.9. The van der Waals surface area contributed by atoms with Gasteiger partial charge < -0.3 is 11.1 Å². The zero-order valence-electron chi connectivity index (χ0n) is 12.5. The number of nitrogens with two attached hydrogens (primary N) is 1. The molecule has 2 heterocycles. The number of rotatable bonds is 4. The Morgan fingerprint density at radius 3 is 2.83 bits per heavy atom. The minimum absolute atomic E-state index is 0.0452. The van der Waals surface area contributed by atoms with Crippen LogP contribution in [-0.4, -0.2) is 21.0 Å². The van der Waals surface area contributed by atoms with E-state index in [9.17, 15) is 4.39 Å². The van der Waals surface area contributed by atoms with Crippen molar-refractivity contribution in [3.63, 3.8) is 0 Å². The van der Waals surface area contributed by atoms with Gasteiger partial charge in [-0.2, -0.15) is 0 Å². The first kappa shape index (κ1) is 15.3. The summed E-state index contributed by atoms with van der Waals surface area (Å²) >= 11 is 7.22. The Balaban J connectivity index is 1.77. The average Bonchev–Trinajstić information content (AvgIpc) is 3.29. The van der Waals surface area contributed by atoms with Gasteiger partial charge in [0.05, 0.1) is 21.3 Å². The van der Waals surface area contributed by atoms with E-state index < -0.39 is 5.82 Å². The smallest absolute Gasteiger partial charge is 0.223 e. The zero-order valence-corrected chi connectivity index (χ0v) is 14.0. The van der Waals surface area contributed by atoms with Crippen molar-refractivity contribution in [3.8, 4) is 21.8 Å². The van der Waals surface area contributed by atoms with Crippen LogP contribution in [0.25, 0.3) is 21.8 Å². The molecule has 3 N–H and O–H groups in total. The van der Waals surface area contributed by atoms with Crippen LogP contribution in [0.15, 0.2) is 30.5 Å². The van der Waals surface area contributed by atoms with Gasteiger partial charge in [0.25, 0.3) is 0 Å². The molecule has 1 fully saturated rings. The van der Waals surface area contributed by atoms with Gasteiger partial charge in [-0.25, -0.2) is 19.3 Å². The lowest BCUT2D eigenvalue weighted by atomic mass is 10.1. The molecule has 0 aliphatic heterocycles. The van der Waals surface area contributed by atoms with E-state index >= 15 is 0 Å². The Bertz CT molecular complexity index is 909. The number of anilines is 2. The molecule has 1 aliphatic rings. The molecule has 0 atom stereocenters. The van der Waals surface area contributed by atoms with Gasteiger partial charge in [0.2, 0.25) is 5.95 Å². The molecular formula is C16H13ClFN5S. The largest absolute Gasteiger partial charge is 0.375 e. The predicted molar refractivity (Wildman–Crippen MR) is 94.6 cm³/mol. The number of thiazole rings is 1. The van der Waals surface area contributed by atoms with E-state index in [0.717, 1.165) is 23.4 Å². The molecule has 1 aliphatic carbocycles. The van der Waals surface area contributed by atoms with Crippen molar-refractivity contribution in [1.29, 1.82) is 0 Å². The number of hydrogen-bond acceptors (Lipinski definition) is 6. The van der Waals surface area contributed by atoms with Gasteiger partial charge in [-0.3, -0.25) is 0 Å². The summed E-state index contributed by atoms with van der Waals surface area (Å²) in [4.78, 5) is 14.0. The predicted octanol–water partition coefficient (Wildman–Crippen LogP) is 4.22. The highest BCUT2D eigenvalue weighted by Gasteiger charge is 2.22. The molecule has 0 spiro atoms. The van der Waals surface area contributed by atoms with Crippen LogP contribution < -0.4 is 11.1 Å². The van der Waals surface area contributed by atoms with Crippen molar-refractivity contribution >= 4 is 34.0 Å². The summed E-state index contributed by atoms with van der Waals surface area (Å²) in [5.74, 6) is 0.119. The van der Waals surface area contributed by atoms with Gasteiger partial charge in [-0.15, -0.1) is 0 Å². The summed E-state index contributed by atoms with van der Waals surface area (Å²) < 4.78 is 13.4. The number of hydrogen-bond donors (Lipinski definition) is 2. The highest BCUT2D eigenvalue weighted by molar-refractivity contribution is 7.19. The highest BCUT2D eigenvalue weighted by Crippen LogP contribution is 2.38. The van der Waals surface area contributed by atoms with E-state index in [-0.39, 0.29) is 5.02 Å². The summed E-state index contributed by atoms with van der Waals surface area (Å²) in [5, 5.41) is 3.73. The molecule has 0 bridgehead atoms. The van der Waals surface area contributed by atoms with Crippen LogP contribution in [0.2, 0.25) is 5.02 Å². The van der Waals surface area contributed by atoms with Crippen molar-refractivity contribution in [2.75, 3.05) is 11.1 Å². The number of nitrogens with one attached hydrogen (secondary N) is 1. The van der Waals surface area contributed by atoms with Crippen LogP contribution in [-0.2, 0) is 0 Å². The second-order valence-corrected chi connectivity index (χ2v) is 6.98. The summed E-state index contributed by atoms with van der Waals surface area (Å²) in [6, 6.07) is 6.75. The van der Waals surface area contributed by atoms with Gasteiger partial charge in [-0.1, -0.05) is 22.9 Å². The monoisotopic (exact) mass is 361 g/mol. The Morgan fingerprint density at radius 1 is 1.25 bits per heavy atom. The van der Waals surface area contributed by atoms with Gasteiger partial charge in [0.1, 0.15) is 5.82 Å². The van der Waals surface area contributed by atoms with Crippen molar-refractivity contribution in [1.82, 2.24) is 15.0 Å². The van der Waals surface area contributed by atoms with Crippen LogP contribution in [0.4, 0.5) is 15.5 Å². The SMILES string of the molecule is Nc1nc(-c2ccc(F)c(Cl)c2)c(-c2ccnc(NC3CC3)n2)s1. The molecule has 0 amide bonds. The van der Waals surface area contributed by atoms with Gasteiger partial charge >= 0.3 is 0 Å². The maximum absolute atomic E-state index is 13.4. The first-order valence-electron chi connectivity index (χ1n) is 7.42. The fourth-order valence-electron chi connectivity index (χ4n) is 2.31. The maximum Gasteiger partial charge on any atom is 0.223 e. The summed E-state index contributed by atoms with van der Waals surface area (Å²) in [6.45, 7) is 0. The quantitative estimate of drug-likeness (QED) is 0.727. The second kappa shape index (κ2) is 5.99. The molecule has 1 aromatic carbocycles. The molecule has 122 valence electrons. The first-order valence-corrected chi connectivity index (χ1v) is 8.61. The lowest BCUT2D eigenvalue weighted by Gasteiger charge is -2.06. The maximum atomic E-state index is 13.4. The molecular weight excluding hydrogens is 349 g/mol. The lowest BCUT2D eigenvalue weighted by molar-refractivity contribution is 0.628. The molecule has 0 unspecified atom stereocenters. The van der Waals surface area contributed by atoms with Crippen LogP contribution >= 0.6 is 22.9 Å². The molecule has 0 radical (unpaired) electrons. The third-order valence-electron chi connectivity index (χ3n) is 3.64. The Kier molecular flexibility index (Phi) is 3.82. The highest BCUT2D eigenvalue weighted by atomic mass is 35.5. The van der Waals surface area contributed by atoms with Crippen molar-refractivity contribution < 1.29 is 4.39 Å². The van der Waals surface area contributed by atoms with Crippen LogP contribution in [0.3, 0.4) is 0 Å². The third-order valence-corrected chi connectivity index (χ3v) is 4.83. The minimum atomic E-state index is -0.469. The van der Waals surface area contributed by atoms with Gasteiger partial charge in [0, 0.05) is 17.8 Å². The van der Waals surface area contributed by atoms with Crippen LogP contribution in [0, 0.1) is 5.82 Å².